The second-order valence-corrected chi connectivity index (χ2v) is 7.80. The van der Waals surface area contributed by atoms with E-state index in [4.69, 9.17) is 14.2 Å². The van der Waals surface area contributed by atoms with Crippen molar-refractivity contribution in [2.75, 3.05) is 44.9 Å². The zero-order chi connectivity index (χ0) is 19.3. The van der Waals surface area contributed by atoms with E-state index in [1.54, 1.807) is 24.3 Å². The number of carbonyl (C=O) groups is 2. The molecule has 1 amide bonds. The van der Waals surface area contributed by atoms with Crippen LogP contribution in [0.15, 0.2) is 5.38 Å². The molecule has 0 saturated carbocycles. The van der Waals surface area contributed by atoms with Crippen molar-refractivity contribution in [1.29, 1.82) is 0 Å². The van der Waals surface area contributed by atoms with E-state index in [-0.39, 0.29) is 12.1 Å². The monoisotopic (exact) mass is 385 g/mol. The molecular formula is C17H27N3O5S. The molecule has 0 radical (unpaired) electrons. The summed E-state index contributed by atoms with van der Waals surface area (Å²) in [5.74, 6) is -0.425. The zero-order valence-corrected chi connectivity index (χ0v) is 16.8. The van der Waals surface area contributed by atoms with E-state index in [9.17, 15) is 9.59 Å². The van der Waals surface area contributed by atoms with Crippen LogP contribution in [-0.2, 0) is 14.2 Å². The van der Waals surface area contributed by atoms with E-state index in [1.165, 1.54) is 11.3 Å². The molecule has 0 spiro atoms. The number of methoxy groups -OCH3 is 1. The summed E-state index contributed by atoms with van der Waals surface area (Å²) >= 11 is 1.38. The lowest BCUT2D eigenvalue weighted by molar-refractivity contribution is 0.0186. The number of esters is 1. The molecule has 2 heterocycles. The summed E-state index contributed by atoms with van der Waals surface area (Å²) in [6.07, 6.45) is -0.329. The topological polar surface area (TPSA) is 81.2 Å². The summed E-state index contributed by atoms with van der Waals surface area (Å²) in [7, 11) is 1.62. The van der Waals surface area contributed by atoms with E-state index in [1.807, 2.05) is 20.8 Å². The maximum atomic E-state index is 12.3. The third kappa shape index (κ3) is 5.31. The van der Waals surface area contributed by atoms with Crippen LogP contribution in [0.3, 0.4) is 0 Å². The molecule has 0 aliphatic carbocycles. The first-order valence-corrected chi connectivity index (χ1v) is 9.49. The number of ether oxygens (including phenoxy) is 3. The van der Waals surface area contributed by atoms with Gasteiger partial charge in [-0.2, -0.15) is 0 Å². The number of anilines is 1. The van der Waals surface area contributed by atoms with Crippen LogP contribution in [0.5, 0.6) is 0 Å². The number of amides is 1. The van der Waals surface area contributed by atoms with Gasteiger partial charge in [0.25, 0.3) is 0 Å². The van der Waals surface area contributed by atoms with Gasteiger partial charge in [0.05, 0.1) is 19.3 Å². The number of hydrogen-bond acceptors (Lipinski definition) is 8. The van der Waals surface area contributed by atoms with Crippen molar-refractivity contribution in [3.05, 3.63) is 11.1 Å². The second-order valence-electron chi connectivity index (χ2n) is 6.96. The van der Waals surface area contributed by atoms with E-state index >= 15 is 0 Å². The summed E-state index contributed by atoms with van der Waals surface area (Å²) in [5, 5.41) is 2.41. The summed E-state index contributed by atoms with van der Waals surface area (Å²) in [6.45, 7) is 9.63. The number of nitrogens with zero attached hydrogens (tertiary/aromatic N) is 3. The smallest absolute Gasteiger partial charge is 0.410 e. The third-order valence-corrected chi connectivity index (χ3v) is 4.59. The molecule has 0 aromatic carbocycles. The Morgan fingerprint density at radius 2 is 2.08 bits per heavy atom. The van der Waals surface area contributed by atoms with Crippen LogP contribution in [0.1, 0.15) is 38.2 Å². The molecule has 1 fully saturated rings. The normalized spacial score (nSPS) is 18.0. The van der Waals surface area contributed by atoms with Gasteiger partial charge in [-0.25, -0.2) is 14.6 Å². The Hall–Kier alpha value is -1.87. The van der Waals surface area contributed by atoms with Crippen LogP contribution in [0.4, 0.5) is 9.93 Å². The highest BCUT2D eigenvalue weighted by atomic mass is 32.1. The van der Waals surface area contributed by atoms with Gasteiger partial charge in [-0.1, -0.05) is 0 Å². The number of hydrogen-bond donors (Lipinski definition) is 0. The van der Waals surface area contributed by atoms with Crippen LogP contribution in [0, 0.1) is 0 Å². The Bertz CT molecular complexity index is 628. The molecule has 1 aromatic heterocycles. The number of piperazine rings is 1. The van der Waals surface area contributed by atoms with E-state index in [0.29, 0.717) is 38.5 Å². The van der Waals surface area contributed by atoms with Crippen molar-refractivity contribution in [3.8, 4) is 0 Å². The number of aromatic nitrogens is 1. The fraction of sp³-hybridized carbons (Fsp3) is 0.706. The molecule has 0 bridgehead atoms. The second kappa shape index (κ2) is 8.68. The van der Waals surface area contributed by atoms with Crippen molar-refractivity contribution in [1.82, 2.24) is 9.88 Å². The SMILES string of the molecule is CCOC(=O)c1csc(N2CCN(C(=O)OC(C)(C)C)C[C@H]2COC)n1. The van der Waals surface area contributed by atoms with Gasteiger partial charge in [0.2, 0.25) is 0 Å². The number of carbonyl (C=O) groups excluding carboxylic acids is 2. The first-order valence-electron chi connectivity index (χ1n) is 8.61. The first-order chi connectivity index (χ1) is 12.2. The predicted molar refractivity (Wildman–Crippen MR) is 98.9 cm³/mol. The summed E-state index contributed by atoms with van der Waals surface area (Å²) in [4.78, 5) is 32.3. The lowest BCUT2D eigenvalue weighted by Crippen LogP contribution is -2.57. The van der Waals surface area contributed by atoms with Gasteiger partial charge < -0.3 is 24.0 Å². The van der Waals surface area contributed by atoms with Crippen molar-refractivity contribution in [2.45, 2.75) is 39.3 Å². The summed E-state index contributed by atoms with van der Waals surface area (Å²) in [6, 6.07) is -0.0672. The van der Waals surface area contributed by atoms with Crippen molar-refractivity contribution in [3.63, 3.8) is 0 Å². The molecular weight excluding hydrogens is 358 g/mol. The average Bonchev–Trinajstić information content (AvgIpc) is 3.03. The van der Waals surface area contributed by atoms with Gasteiger partial charge >= 0.3 is 12.1 Å². The molecule has 0 unspecified atom stereocenters. The lowest BCUT2D eigenvalue weighted by atomic mass is 10.2. The van der Waals surface area contributed by atoms with Crippen LogP contribution < -0.4 is 4.90 Å². The predicted octanol–water partition coefficient (Wildman–Crippen LogP) is 2.39. The lowest BCUT2D eigenvalue weighted by Gasteiger charge is -2.41. The maximum Gasteiger partial charge on any atom is 0.410 e. The molecule has 26 heavy (non-hydrogen) atoms. The van der Waals surface area contributed by atoms with Crippen molar-refractivity contribution in [2.24, 2.45) is 0 Å². The van der Waals surface area contributed by atoms with Crippen molar-refractivity contribution < 1.29 is 23.8 Å². The highest BCUT2D eigenvalue weighted by Crippen LogP contribution is 2.26. The minimum atomic E-state index is -0.533. The molecule has 8 nitrogen and oxygen atoms in total. The zero-order valence-electron chi connectivity index (χ0n) is 16.0. The molecule has 1 aliphatic heterocycles. The Labute approximate surface area is 158 Å². The fourth-order valence-electron chi connectivity index (χ4n) is 2.63. The molecule has 146 valence electrons. The molecule has 1 aromatic rings. The van der Waals surface area contributed by atoms with E-state index < -0.39 is 11.6 Å². The Morgan fingerprint density at radius 3 is 2.69 bits per heavy atom. The van der Waals surface area contributed by atoms with Gasteiger partial charge in [-0.3, -0.25) is 0 Å². The molecule has 1 saturated heterocycles. The minimum Gasteiger partial charge on any atom is -0.461 e. The highest BCUT2D eigenvalue weighted by Gasteiger charge is 2.33. The van der Waals surface area contributed by atoms with Gasteiger partial charge in [0, 0.05) is 32.1 Å². The highest BCUT2D eigenvalue weighted by molar-refractivity contribution is 7.13. The van der Waals surface area contributed by atoms with Crippen LogP contribution in [0.2, 0.25) is 0 Å². The van der Waals surface area contributed by atoms with Gasteiger partial charge in [0.1, 0.15) is 5.60 Å². The quantitative estimate of drug-likeness (QED) is 0.720. The van der Waals surface area contributed by atoms with Gasteiger partial charge in [0.15, 0.2) is 10.8 Å². The molecule has 0 N–H and O–H groups in total. The van der Waals surface area contributed by atoms with Crippen LogP contribution in [-0.4, -0.2) is 73.5 Å². The Morgan fingerprint density at radius 1 is 1.35 bits per heavy atom. The maximum absolute atomic E-state index is 12.3. The minimum absolute atomic E-state index is 0.0672. The number of thiazole rings is 1. The average molecular weight is 385 g/mol. The largest absolute Gasteiger partial charge is 0.461 e. The first kappa shape index (κ1) is 20.4. The molecule has 9 heteroatoms. The standard InChI is InChI=1S/C17H27N3O5S/c1-6-24-14(21)13-11-26-15(18-13)20-8-7-19(9-12(20)10-23-5)16(22)25-17(2,3)4/h11-12H,6-10H2,1-5H3/t12-/m0/s1. The Balaban J connectivity index is 2.08. The van der Waals surface area contributed by atoms with Crippen LogP contribution >= 0.6 is 11.3 Å². The Kier molecular flexibility index (Phi) is 6.82. The summed E-state index contributed by atoms with van der Waals surface area (Å²) < 4.78 is 15.8. The van der Waals surface area contributed by atoms with Gasteiger partial charge in [-0.15, -0.1) is 11.3 Å². The van der Waals surface area contributed by atoms with E-state index in [0.717, 1.165) is 5.13 Å². The molecule has 1 aliphatic rings. The van der Waals surface area contributed by atoms with Crippen molar-refractivity contribution >= 4 is 28.5 Å². The third-order valence-electron chi connectivity index (χ3n) is 3.72. The van der Waals surface area contributed by atoms with E-state index in [2.05, 4.69) is 9.88 Å². The fourth-order valence-corrected chi connectivity index (χ4v) is 3.52. The summed E-state index contributed by atoms with van der Waals surface area (Å²) in [5.41, 5.74) is -0.230. The molecule has 1 atom stereocenters. The number of rotatable bonds is 5. The van der Waals surface area contributed by atoms with Crippen LogP contribution in [0.25, 0.3) is 0 Å². The van der Waals surface area contributed by atoms with Gasteiger partial charge in [-0.05, 0) is 27.7 Å². The molecule has 2 rings (SSSR count).